The molecule has 3 aromatic rings. The first-order chi connectivity index (χ1) is 19.3. The van der Waals surface area contributed by atoms with Gasteiger partial charge in [0.05, 0.1) is 27.1 Å². The zero-order chi connectivity index (χ0) is 28.1. The van der Waals surface area contributed by atoms with E-state index in [4.69, 9.17) is 28.2 Å². The Morgan fingerprint density at radius 2 is 1.73 bits per heavy atom. The summed E-state index contributed by atoms with van der Waals surface area (Å²) in [5.41, 5.74) is 5.21. The minimum Gasteiger partial charge on any atom is -0.387 e. The number of hydrogen-bond donors (Lipinski definition) is 2. The summed E-state index contributed by atoms with van der Waals surface area (Å²) in [5, 5.41) is 7.06. The van der Waals surface area contributed by atoms with Gasteiger partial charge in [0.2, 0.25) is 0 Å². The van der Waals surface area contributed by atoms with Crippen molar-refractivity contribution in [2.75, 3.05) is 30.8 Å². The summed E-state index contributed by atoms with van der Waals surface area (Å²) >= 11 is 13.4. The topological polar surface area (TPSA) is 79.3 Å². The zero-order valence-electron chi connectivity index (χ0n) is 23.0. The number of amides is 1. The largest absolute Gasteiger partial charge is 0.387 e. The molecule has 0 atom stereocenters. The molecule has 2 fully saturated rings. The fraction of sp³-hybridized carbons (Fsp3) is 0.452. The quantitative estimate of drug-likeness (QED) is 0.294. The summed E-state index contributed by atoms with van der Waals surface area (Å²) in [6, 6.07) is 11.3. The second-order valence-corrected chi connectivity index (χ2v) is 12.6. The molecule has 40 heavy (non-hydrogen) atoms. The van der Waals surface area contributed by atoms with Crippen molar-refractivity contribution in [3.8, 4) is 11.1 Å². The number of aromatic nitrogens is 2. The van der Waals surface area contributed by atoms with E-state index in [2.05, 4.69) is 15.5 Å². The molecule has 1 aromatic heterocycles. The number of hydrogen-bond acceptors (Lipinski definition) is 5. The van der Waals surface area contributed by atoms with E-state index in [-0.39, 0.29) is 11.3 Å². The highest BCUT2D eigenvalue weighted by Crippen LogP contribution is 2.62. The third-order valence-electron chi connectivity index (χ3n) is 9.58. The Hall–Kier alpha value is -2.87. The average Bonchev–Trinajstić information content (AvgIpc) is 3.64. The molecule has 1 amide bonds. The van der Waals surface area contributed by atoms with Gasteiger partial charge in [-0.1, -0.05) is 47.5 Å². The van der Waals surface area contributed by atoms with Crippen molar-refractivity contribution in [3.63, 3.8) is 0 Å². The number of benzene rings is 2. The van der Waals surface area contributed by atoms with Gasteiger partial charge in [0, 0.05) is 55.8 Å². The number of nitrogens with one attached hydrogen (secondary N) is 2. The third-order valence-corrected chi connectivity index (χ3v) is 10.4. The van der Waals surface area contributed by atoms with Gasteiger partial charge in [-0.3, -0.25) is 9.69 Å². The van der Waals surface area contributed by atoms with Gasteiger partial charge in [0.1, 0.15) is 6.29 Å². The van der Waals surface area contributed by atoms with Crippen LogP contribution in [0.3, 0.4) is 0 Å². The maximum atomic E-state index is 13.4. The summed E-state index contributed by atoms with van der Waals surface area (Å²) in [6.07, 6.45) is 8.75. The minimum atomic E-state index is -0.293. The summed E-state index contributed by atoms with van der Waals surface area (Å²) < 4.78 is 1.91. The fourth-order valence-electron chi connectivity index (χ4n) is 7.20. The lowest BCUT2D eigenvalue weighted by Crippen LogP contribution is -2.34. The van der Waals surface area contributed by atoms with Crippen LogP contribution < -0.4 is 10.6 Å². The Balaban J connectivity index is 1.15. The molecule has 0 spiro atoms. The van der Waals surface area contributed by atoms with Gasteiger partial charge in [0.25, 0.3) is 5.91 Å². The van der Waals surface area contributed by atoms with Crippen LogP contribution in [0.4, 0.5) is 11.4 Å². The van der Waals surface area contributed by atoms with Crippen LogP contribution in [0.2, 0.25) is 10.0 Å². The number of aldehydes is 1. The summed E-state index contributed by atoms with van der Waals surface area (Å²) in [5.74, 6) is 0.0862. The van der Waals surface area contributed by atoms with Gasteiger partial charge < -0.3 is 20.0 Å². The molecule has 6 rings (SSSR count). The fourth-order valence-corrected chi connectivity index (χ4v) is 7.79. The highest BCUT2D eigenvalue weighted by Gasteiger charge is 2.53. The number of carbonyl (C=O) groups is 2. The first kappa shape index (κ1) is 27.3. The van der Waals surface area contributed by atoms with Gasteiger partial charge in [-0.05, 0) is 62.6 Å². The van der Waals surface area contributed by atoms with Gasteiger partial charge >= 0.3 is 0 Å². The van der Waals surface area contributed by atoms with Crippen LogP contribution in [0.15, 0.2) is 36.4 Å². The highest BCUT2D eigenvalue weighted by atomic mass is 35.5. The maximum Gasteiger partial charge on any atom is 0.291 e. The van der Waals surface area contributed by atoms with Crippen LogP contribution >= 0.6 is 23.2 Å². The summed E-state index contributed by atoms with van der Waals surface area (Å²) in [4.78, 5) is 32.3. The number of nitrogens with zero attached hydrogens (tertiary/aromatic N) is 3. The lowest BCUT2D eigenvalue weighted by molar-refractivity contribution is -0.115. The second kappa shape index (κ2) is 10.5. The number of halogens is 2. The number of carbonyl (C=O) groups excluding carboxylic acids is 2. The van der Waals surface area contributed by atoms with E-state index in [0.29, 0.717) is 27.0 Å². The molecule has 2 saturated carbocycles. The Labute approximate surface area is 245 Å². The highest BCUT2D eigenvalue weighted by molar-refractivity contribution is 6.39. The molecule has 7 nitrogen and oxygen atoms in total. The van der Waals surface area contributed by atoms with E-state index >= 15 is 0 Å². The van der Waals surface area contributed by atoms with Crippen molar-refractivity contribution in [1.82, 2.24) is 14.5 Å². The smallest absolute Gasteiger partial charge is 0.291 e. The van der Waals surface area contributed by atoms with E-state index in [1.54, 1.807) is 6.07 Å². The van der Waals surface area contributed by atoms with Crippen LogP contribution in [0.5, 0.6) is 0 Å². The van der Waals surface area contributed by atoms with Crippen molar-refractivity contribution in [1.29, 1.82) is 0 Å². The molecular formula is C31H35Cl2N5O2. The Bertz CT molecular complexity index is 1470. The van der Waals surface area contributed by atoms with Crippen LogP contribution in [0, 0.1) is 10.8 Å². The van der Waals surface area contributed by atoms with E-state index < -0.39 is 0 Å². The molecule has 2 N–H and O–H groups in total. The SMILES string of the molecule is CNc1cccc(-c2cccc(NC(=O)c3nc4c(n3C)CCN(CCC35CCC(C=O)(CC3)C5)C4)c2Cl)c1Cl. The molecule has 3 aliphatic rings. The van der Waals surface area contributed by atoms with Crippen LogP contribution in [0.1, 0.15) is 60.5 Å². The Kier molecular flexibility index (Phi) is 7.18. The van der Waals surface area contributed by atoms with Crippen molar-refractivity contribution in [2.24, 2.45) is 17.9 Å². The number of anilines is 2. The predicted octanol–water partition coefficient (Wildman–Crippen LogP) is 6.59. The lowest BCUT2D eigenvalue weighted by Gasteiger charge is -2.32. The first-order valence-corrected chi connectivity index (χ1v) is 14.8. The van der Waals surface area contributed by atoms with Gasteiger partial charge in [-0.25, -0.2) is 4.98 Å². The van der Waals surface area contributed by atoms with E-state index in [0.717, 1.165) is 79.9 Å². The van der Waals surface area contributed by atoms with Gasteiger partial charge in [-0.15, -0.1) is 0 Å². The molecule has 2 bridgehead atoms. The molecule has 2 aromatic carbocycles. The molecule has 0 unspecified atom stereocenters. The van der Waals surface area contributed by atoms with E-state index in [1.165, 1.54) is 19.1 Å². The molecular weight excluding hydrogens is 545 g/mol. The summed E-state index contributed by atoms with van der Waals surface area (Å²) in [6.45, 7) is 2.69. The predicted molar refractivity (Wildman–Crippen MR) is 160 cm³/mol. The van der Waals surface area contributed by atoms with Gasteiger partial charge in [0.15, 0.2) is 5.82 Å². The molecule has 1 aliphatic heterocycles. The first-order valence-electron chi connectivity index (χ1n) is 14.1. The van der Waals surface area contributed by atoms with E-state index in [1.807, 2.05) is 49.0 Å². The zero-order valence-corrected chi connectivity index (χ0v) is 24.5. The van der Waals surface area contributed by atoms with Crippen LogP contribution in [-0.4, -0.2) is 46.8 Å². The number of imidazole rings is 1. The van der Waals surface area contributed by atoms with Crippen molar-refractivity contribution >= 4 is 46.8 Å². The van der Waals surface area contributed by atoms with Crippen molar-refractivity contribution in [2.45, 2.75) is 51.5 Å². The minimum absolute atomic E-state index is 0.0380. The maximum absolute atomic E-state index is 13.4. The van der Waals surface area contributed by atoms with Crippen LogP contribution in [0.25, 0.3) is 11.1 Å². The molecule has 2 aliphatic carbocycles. The van der Waals surface area contributed by atoms with E-state index in [9.17, 15) is 9.59 Å². The molecule has 9 heteroatoms. The standard InChI is InChI=1S/C31H35Cl2N5O2/c1-34-22-7-3-5-20(26(22)32)21-6-4-8-23(27(21)33)36-29(40)28-35-24-17-38(15-9-25(24)37(28)2)16-14-30-10-12-31(18-30,19-39)13-11-30/h3-8,19,34H,9-18H2,1-2H3,(H,36,40). The van der Waals surface area contributed by atoms with Gasteiger partial charge in [-0.2, -0.15) is 0 Å². The monoisotopic (exact) mass is 579 g/mol. The average molecular weight is 581 g/mol. The molecule has 210 valence electrons. The third kappa shape index (κ3) is 4.72. The molecule has 2 heterocycles. The summed E-state index contributed by atoms with van der Waals surface area (Å²) in [7, 11) is 3.73. The normalized spacial score (nSPS) is 23.7. The van der Waals surface area contributed by atoms with Crippen molar-refractivity contribution in [3.05, 3.63) is 63.7 Å². The lowest BCUT2D eigenvalue weighted by atomic mass is 9.80. The van der Waals surface area contributed by atoms with Crippen molar-refractivity contribution < 1.29 is 9.59 Å². The Morgan fingerprint density at radius 1 is 1.05 bits per heavy atom. The number of fused-ring (bicyclic) bond motifs is 3. The Morgan fingerprint density at radius 3 is 2.38 bits per heavy atom. The van der Waals surface area contributed by atoms with Crippen LogP contribution in [-0.2, 0) is 24.8 Å². The second-order valence-electron chi connectivity index (χ2n) is 11.9. The molecule has 0 saturated heterocycles. The number of rotatable bonds is 8. The molecule has 0 radical (unpaired) electrons.